The molecular formula is C23H20N2O2SY-2. The van der Waals surface area contributed by atoms with Crippen LogP contribution in [-0.2, 0) is 42.7 Å². The summed E-state index contributed by atoms with van der Waals surface area (Å²) in [6.45, 7) is 1.43. The zero-order chi connectivity index (χ0) is 19.3. The van der Waals surface area contributed by atoms with Crippen molar-refractivity contribution < 1.29 is 41.1 Å². The van der Waals surface area contributed by atoms with Crippen LogP contribution in [0.15, 0.2) is 89.8 Å². The van der Waals surface area contributed by atoms with E-state index in [1.54, 1.807) is 48.5 Å². The van der Waals surface area contributed by atoms with E-state index in [2.05, 4.69) is 6.20 Å². The molecule has 4 nitrogen and oxygen atoms in total. The first kappa shape index (κ1) is 24.8. The Hall–Kier alpha value is -2.26. The van der Waals surface area contributed by atoms with Gasteiger partial charge in [0.1, 0.15) is 0 Å². The molecule has 1 radical (unpaired) electrons. The van der Waals surface area contributed by atoms with Gasteiger partial charge in [0.15, 0.2) is 0 Å². The van der Waals surface area contributed by atoms with E-state index in [0.717, 1.165) is 16.5 Å². The number of nitriles is 1. The Morgan fingerprint density at radius 3 is 2.03 bits per heavy atom. The van der Waals surface area contributed by atoms with Crippen molar-refractivity contribution in [2.75, 3.05) is 0 Å². The molecule has 0 aliphatic carbocycles. The molecule has 1 heterocycles. The number of benzene rings is 3. The average molecular weight is 477 g/mol. The summed E-state index contributed by atoms with van der Waals surface area (Å²) in [5, 5.41) is 8.18. The molecule has 0 aliphatic rings. The molecular weight excluding hydrogens is 457 g/mol. The normalized spacial score (nSPS) is 9.93. The van der Waals surface area contributed by atoms with E-state index >= 15 is 0 Å². The molecule has 0 saturated heterocycles. The fourth-order valence-corrected chi connectivity index (χ4v) is 4.16. The van der Waals surface area contributed by atoms with Gasteiger partial charge in [-0.2, -0.15) is 11.3 Å². The van der Waals surface area contributed by atoms with Gasteiger partial charge >= 0.3 is 0 Å². The second kappa shape index (κ2) is 11.1. The predicted molar refractivity (Wildman–Crippen MR) is 113 cm³/mol. The zero-order valence-corrected chi connectivity index (χ0v) is 19.9. The molecule has 0 unspecified atom stereocenters. The second-order valence-electron chi connectivity index (χ2n) is 5.68. The van der Waals surface area contributed by atoms with Gasteiger partial charge in [-0.15, -0.1) is 11.5 Å². The first-order valence-corrected chi connectivity index (χ1v) is 9.72. The fourth-order valence-electron chi connectivity index (χ4n) is 2.84. The quantitative estimate of drug-likeness (QED) is 0.375. The number of rotatable bonds is 3. The van der Waals surface area contributed by atoms with Gasteiger partial charge in [0.25, 0.3) is 0 Å². The Morgan fingerprint density at radius 1 is 0.897 bits per heavy atom. The van der Waals surface area contributed by atoms with Crippen molar-refractivity contribution in [1.82, 2.24) is 3.97 Å². The van der Waals surface area contributed by atoms with Crippen molar-refractivity contribution in [1.29, 1.82) is 5.26 Å². The van der Waals surface area contributed by atoms with Crippen LogP contribution in [0.3, 0.4) is 0 Å². The molecule has 0 fully saturated rings. The van der Waals surface area contributed by atoms with Crippen LogP contribution in [0, 0.1) is 25.0 Å². The number of aromatic nitrogens is 1. The predicted octanol–water partition coefficient (Wildman–Crippen LogP) is 5.32. The van der Waals surface area contributed by atoms with Crippen LogP contribution in [0.5, 0.6) is 0 Å². The Bertz CT molecular complexity index is 1200. The van der Waals surface area contributed by atoms with Crippen molar-refractivity contribution >= 4 is 20.9 Å². The van der Waals surface area contributed by atoms with Gasteiger partial charge in [-0.3, -0.25) is 0 Å². The van der Waals surface area contributed by atoms with Crippen LogP contribution < -0.4 is 0 Å². The van der Waals surface area contributed by atoms with Crippen molar-refractivity contribution in [2.45, 2.75) is 11.8 Å². The van der Waals surface area contributed by atoms with Gasteiger partial charge < -0.3 is 11.4 Å². The van der Waals surface area contributed by atoms with E-state index in [0.29, 0.717) is 5.52 Å². The molecule has 145 valence electrons. The SMILES string of the molecule is CC#N.O=S(=O)(c1ccccc1)n1[c-]cc2c(-c3ccccc3)cccc21.[CH3-].[Y]. The molecule has 0 bridgehead atoms. The van der Waals surface area contributed by atoms with Crippen LogP contribution in [0.2, 0.25) is 0 Å². The maximum Gasteiger partial charge on any atom is 0.246 e. The summed E-state index contributed by atoms with van der Waals surface area (Å²) in [6.07, 6.45) is 2.89. The molecule has 4 rings (SSSR count). The monoisotopic (exact) mass is 477 g/mol. The maximum atomic E-state index is 12.9. The van der Waals surface area contributed by atoms with Gasteiger partial charge in [0.2, 0.25) is 10.0 Å². The van der Waals surface area contributed by atoms with E-state index < -0.39 is 10.0 Å². The maximum absolute atomic E-state index is 12.9. The molecule has 29 heavy (non-hydrogen) atoms. The molecule has 4 aromatic rings. The summed E-state index contributed by atoms with van der Waals surface area (Å²) >= 11 is 0. The minimum Gasteiger partial charge on any atom is -0.360 e. The minimum absolute atomic E-state index is 0. The first-order valence-electron chi connectivity index (χ1n) is 8.28. The Labute approximate surface area is 197 Å². The van der Waals surface area contributed by atoms with Crippen molar-refractivity contribution in [3.05, 3.63) is 98.6 Å². The molecule has 0 atom stereocenters. The molecule has 6 heteroatoms. The summed E-state index contributed by atoms with van der Waals surface area (Å²) in [6, 6.07) is 27.5. The van der Waals surface area contributed by atoms with E-state index in [4.69, 9.17) is 5.26 Å². The molecule has 0 spiro atoms. The second-order valence-corrected chi connectivity index (χ2v) is 7.47. The smallest absolute Gasteiger partial charge is 0.246 e. The van der Waals surface area contributed by atoms with Gasteiger partial charge in [0.05, 0.1) is 11.0 Å². The van der Waals surface area contributed by atoms with Crippen LogP contribution >= 0.6 is 0 Å². The molecule has 0 saturated carbocycles. The van der Waals surface area contributed by atoms with Gasteiger partial charge in [-0.05, 0) is 17.7 Å². The molecule has 3 aromatic carbocycles. The van der Waals surface area contributed by atoms with Crippen LogP contribution in [0.4, 0.5) is 0 Å². The third-order valence-corrected chi connectivity index (χ3v) is 5.64. The Kier molecular flexibility index (Phi) is 9.45. The standard InChI is InChI=1S/C20H14NO2S.C2H3N.CH3.Y/c22-24(23,17-10-5-2-6-11-17)21-15-14-19-18(12-7-13-20(19)21)16-8-3-1-4-9-16;1-2-3;;/h1-14H;1H3;1H3;/q-1;;-1;. The number of hydrogen-bond acceptors (Lipinski definition) is 3. The summed E-state index contributed by atoms with van der Waals surface area (Å²) in [7, 11) is -3.66. The fraction of sp³-hybridized carbons (Fsp3) is 0.0435. The summed E-state index contributed by atoms with van der Waals surface area (Å²) < 4.78 is 27.0. The van der Waals surface area contributed by atoms with Gasteiger partial charge in [-0.1, -0.05) is 77.9 Å². The molecule has 0 aliphatic heterocycles. The van der Waals surface area contributed by atoms with E-state index in [-0.39, 0.29) is 45.0 Å². The van der Waals surface area contributed by atoms with Crippen LogP contribution in [0.25, 0.3) is 22.0 Å². The Balaban J connectivity index is 0.000000794. The molecule has 0 N–H and O–H groups in total. The van der Waals surface area contributed by atoms with Crippen LogP contribution in [0.1, 0.15) is 6.92 Å². The first-order chi connectivity index (χ1) is 13.1. The van der Waals surface area contributed by atoms with Crippen molar-refractivity contribution in [3.63, 3.8) is 0 Å². The van der Waals surface area contributed by atoms with E-state index in [9.17, 15) is 8.42 Å². The van der Waals surface area contributed by atoms with Crippen molar-refractivity contribution in [3.8, 4) is 17.2 Å². The third kappa shape index (κ3) is 5.22. The van der Waals surface area contributed by atoms with Crippen LogP contribution in [-0.4, -0.2) is 12.4 Å². The zero-order valence-electron chi connectivity index (χ0n) is 16.3. The average Bonchev–Trinajstić information content (AvgIpc) is 3.15. The van der Waals surface area contributed by atoms with E-state index in [1.807, 2.05) is 42.5 Å². The van der Waals surface area contributed by atoms with E-state index in [1.165, 1.54) is 10.9 Å². The minimum atomic E-state index is -3.66. The molecule has 0 amide bonds. The number of fused-ring (bicyclic) bond motifs is 1. The Morgan fingerprint density at radius 2 is 1.45 bits per heavy atom. The van der Waals surface area contributed by atoms with Crippen molar-refractivity contribution in [2.24, 2.45) is 0 Å². The summed E-state index contributed by atoms with van der Waals surface area (Å²) in [4.78, 5) is 0.254. The largest absolute Gasteiger partial charge is 0.360 e. The molecule has 1 aromatic heterocycles. The van der Waals surface area contributed by atoms with Gasteiger partial charge in [0, 0.05) is 39.6 Å². The number of hydrogen-bond donors (Lipinski definition) is 0. The van der Waals surface area contributed by atoms with Gasteiger partial charge in [-0.25, -0.2) is 8.42 Å². The topological polar surface area (TPSA) is 62.9 Å². The summed E-state index contributed by atoms with van der Waals surface area (Å²) in [5.74, 6) is 0. The summed E-state index contributed by atoms with van der Waals surface area (Å²) in [5.41, 5.74) is 2.66. The number of nitrogens with zero attached hydrogens (tertiary/aromatic N) is 2. The third-order valence-electron chi connectivity index (χ3n) is 3.99.